The summed E-state index contributed by atoms with van der Waals surface area (Å²) in [5.74, 6) is 5.37. The molecule has 3 spiro atoms. The molecule has 362 valence electrons. The minimum absolute atomic E-state index is 0.0430. The van der Waals surface area contributed by atoms with Crippen LogP contribution in [0.5, 0.6) is 34.5 Å². The van der Waals surface area contributed by atoms with Crippen molar-refractivity contribution in [2.45, 2.75) is 115 Å². The number of aliphatic hydroxyl groups is 2. The molecule has 6 bridgehead atoms. The number of ether oxygens (including phenoxy) is 7. The third-order valence-electron chi connectivity index (χ3n) is 19.2. The molecule has 14 heteroatoms. The molecule has 15 rings (SSSR count). The normalized spacial score (nSPS) is 37.9. The van der Waals surface area contributed by atoms with Crippen LogP contribution in [0.2, 0.25) is 0 Å². The molecule has 0 unspecified atom stereocenters. The molecule has 0 aromatic heterocycles. The molecule has 6 aliphatic heterocycles. The van der Waals surface area contributed by atoms with Gasteiger partial charge >= 0.3 is 0 Å². The summed E-state index contributed by atoms with van der Waals surface area (Å²) in [6, 6.07) is 12.7. The molecule has 2 N–H and O–H groups in total. The molecule has 4 fully saturated rings. The summed E-state index contributed by atoms with van der Waals surface area (Å²) in [6.45, 7) is 2.79. The number of likely N-dealkylation sites (N-methyl/N-ethyl adjacent to an activating group) is 3. The molecule has 3 aromatic carbocycles. The fourth-order valence-corrected chi connectivity index (χ4v) is 16.1. The van der Waals surface area contributed by atoms with E-state index in [4.69, 9.17) is 33.2 Å². The smallest absolute Gasteiger partial charge is 0.196 e. The maximum Gasteiger partial charge on any atom is 0.196 e. The monoisotopic (exact) mass is 939 g/mol. The molecule has 0 radical (unpaired) electrons. The topological polar surface area (TPSA) is 149 Å². The average molecular weight is 940 g/mol. The molecule has 12 aliphatic rings. The third-order valence-corrected chi connectivity index (χ3v) is 19.2. The van der Waals surface area contributed by atoms with Gasteiger partial charge in [-0.2, -0.15) is 0 Å². The molecular formula is C55H61N3O11. The first-order valence-electron chi connectivity index (χ1n) is 24.6. The maximum absolute atomic E-state index is 12.7. The van der Waals surface area contributed by atoms with E-state index >= 15 is 0 Å². The van der Waals surface area contributed by atoms with Gasteiger partial charge in [0.15, 0.2) is 64.4 Å². The lowest BCUT2D eigenvalue weighted by Crippen LogP contribution is -2.76. The number of Topliss-reactive ketones (excluding diaryl/α,β-unsaturated/α-hetero) is 1. The number of ketones is 2. The summed E-state index contributed by atoms with van der Waals surface area (Å²) >= 11 is 0. The lowest BCUT2D eigenvalue weighted by Gasteiger charge is -2.62. The highest BCUT2D eigenvalue weighted by Gasteiger charge is 2.74. The fraction of sp³-hybridized carbons (Fsp3) is 0.527. The van der Waals surface area contributed by atoms with Crippen LogP contribution in [0.1, 0.15) is 65.5 Å². The van der Waals surface area contributed by atoms with Crippen molar-refractivity contribution >= 4 is 11.6 Å². The van der Waals surface area contributed by atoms with Gasteiger partial charge in [0, 0.05) is 41.2 Å². The van der Waals surface area contributed by atoms with Gasteiger partial charge in [0.05, 0.1) is 50.3 Å². The van der Waals surface area contributed by atoms with Crippen molar-refractivity contribution in [2.75, 3.05) is 69.2 Å². The van der Waals surface area contributed by atoms with Gasteiger partial charge in [-0.1, -0.05) is 24.3 Å². The Morgan fingerprint density at radius 2 is 1.14 bits per heavy atom. The van der Waals surface area contributed by atoms with E-state index in [1.54, 1.807) is 34.5 Å². The van der Waals surface area contributed by atoms with Gasteiger partial charge in [-0.25, -0.2) is 0 Å². The van der Waals surface area contributed by atoms with Crippen molar-refractivity contribution in [3.63, 3.8) is 0 Å². The van der Waals surface area contributed by atoms with Gasteiger partial charge in [-0.05, 0) is 144 Å². The minimum Gasteiger partial charge on any atom is -0.497 e. The Morgan fingerprint density at radius 3 is 1.80 bits per heavy atom. The molecule has 0 amide bonds. The summed E-state index contributed by atoms with van der Waals surface area (Å²) in [5.41, 5.74) is 5.27. The molecule has 1 saturated carbocycles. The SMILES string of the molecule is COC1=CC=C2[C@H]3Cc4ccc(OC)c5c4[C@@]2(CCN3C)[C@H]1O5.COc1ccc2c3c1O[C@H]1C(=O)C=C[C@@]4(O)[C@@H](C2)N(C)CC[C@]314.COc1ccc2c3c1O[C@H]1C(=O)CC[C@@]4(O)[C@@H](C2)N(C)CC[C@]314. The summed E-state index contributed by atoms with van der Waals surface area (Å²) in [6.07, 6.45) is 12.3. The summed E-state index contributed by atoms with van der Waals surface area (Å²) in [7, 11) is 13.0. The molecule has 14 nitrogen and oxygen atoms in total. The number of hydrogen-bond acceptors (Lipinski definition) is 14. The highest BCUT2D eigenvalue weighted by Crippen LogP contribution is 2.67. The van der Waals surface area contributed by atoms with Gasteiger partial charge < -0.3 is 48.3 Å². The van der Waals surface area contributed by atoms with Crippen LogP contribution < -0.4 is 28.4 Å². The van der Waals surface area contributed by atoms with Crippen LogP contribution in [0.25, 0.3) is 0 Å². The molecular weight excluding hydrogens is 879 g/mol. The molecule has 3 saturated heterocycles. The van der Waals surface area contributed by atoms with Gasteiger partial charge in [-0.15, -0.1) is 0 Å². The largest absolute Gasteiger partial charge is 0.497 e. The van der Waals surface area contributed by atoms with Gasteiger partial charge in [0.2, 0.25) is 0 Å². The van der Waals surface area contributed by atoms with Crippen LogP contribution in [0.15, 0.2) is 72.0 Å². The zero-order valence-electron chi connectivity index (χ0n) is 40.4. The molecule has 3 aromatic rings. The van der Waals surface area contributed by atoms with Crippen molar-refractivity contribution in [3.8, 4) is 34.5 Å². The summed E-state index contributed by atoms with van der Waals surface area (Å²) in [4.78, 5) is 32.2. The minimum atomic E-state index is -1.08. The van der Waals surface area contributed by atoms with Crippen molar-refractivity contribution in [1.29, 1.82) is 0 Å². The Morgan fingerprint density at radius 1 is 0.594 bits per heavy atom. The highest BCUT2D eigenvalue weighted by molar-refractivity contribution is 5.99. The first-order chi connectivity index (χ1) is 33.3. The lowest BCUT2D eigenvalue weighted by atomic mass is 9.49. The first kappa shape index (κ1) is 43.6. The number of methoxy groups -OCH3 is 4. The van der Waals surface area contributed by atoms with E-state index in [0.717, 1.165) is 85.7 Å². The summed E-state index contributed by atoms with van der Waals surface area (Å²) < 4.78 is 40.9. The van der Waals surface area contributed by atoms with Crippen LogP contribution in [0, 0.1) is 0 Å². The van der Waals surface area contributed by atoms with Gasteiger partial charge in [0.1, 0.15) is 11.4 Å². The number of carbonyl (C=O) groups is 2. The number of rotatable bonds is 4. The Bertz CT molecular complexity index is 2860. The van der Waals surface area contributed by atoms with E-state index in [-0.39, 0.29) is 35.2 Å². The van der Waals surface area contributed by atoms with E-state index in [1.807, 2.05) is 25.2 Å². The number of allylic oxidation sites excluding steroid dienone is 2. The number of piperidine rings is 3. The van der Waals surface area contributed by atoms with E-state index in [1.165, 1.54) is 28.3 Å². The van der Waals surface area contributed by atoms with Crippen LogP contribution in [0.3, 0.4) is 0 Å². The zero-order chi connectivity index (χ0) is 47.7. The predicted molar refractivity (Wildman–Crippen MR) is 253 cm³/mol. The Kier molecular flexibility index (Phi) is 9.23. The first-order valence-corrected chi connectivity index (χ1v) is 24.6. The highest BCUT2D eigenvalue weighted by atomic mass is 16.6. The second-order valence-electron chi connectivity index (χ2n) is 21.5. The molecule has 6 heterocycles. The molecule has 11 atom stereocenters. The van der Waals surface area contributed by atoms with Gasteiger partial charge in [0.25, 0.3) is 0 Å². The number of likely N-dealkylation sites (tertiary alicyclic amines) is 3. The van der Waals surface area contributed by atoms with Crippen molar-refractivity contribution in [1.82, 2.24) is 14.7 Å². The van der Waals surface area contributed by atoms with E-state index in [2.05, 4.69) is 59.1 Å². The van der Waals surface area contributed by atoms with E-state index < -0.39 is 34.2 Å². The fourth-order valence-electron chi connectivity index (χ4n) is 16.1. The average Bonchev–Trinajstić information content (AvgIpc) is 4.03. The quantitative estimate of drug-likeness (QED) is 0.383. The zero-order valence-corrected chi connectivity index (χ0v) is 40.4. The van der Waals surface area contributed by atoms with Crippen molar-refractivity contribution in [2.24, 2.45) is 0 Å². The molecule has 6 aliphatic carbocycles. The van der Waals surface area contributed by atoms with Crippen LogP contribution in [-0.4, -0.2) is 153 Å². The van der Waals surface area contributed by atoms with Crippen LogP contribution in [-0.2, 0) is 49.8 Å². The Labute approximate surface area is 402 Å². The number of benzene rings is 3. The number of carbonyl (C=O) groups excluding carboxylic acids is 2. The number of hydrogen-bond donors (Lipinski definition) is 2. The van der Waals surface area contributed by atoms with E-state index in [0.29, 0.717) is 48.3 Å². The third kappa shape index (κ3) is 5.09. The Balaban J connectivity index is 0.000000102. The van der Waals surface area contributed by atoms with Crippen LogP contribution in [0.4, 0.5) is 0 Å². The lowest BCUT2D eigenvalue weighted by molar-refractivity contribution is -0.185. The molecule has 69 heavy (non-hydrogen) atoms. The Hall–Kier alpha value is -5.38. The van der Waals surface area contributed by atoms with Gasteiger partial charge in [-0.3, -0.25) is 19.4 Å². The second kappa shape index (κ2) is 14.6. The second-order valence-corrected chi connectivity index (χ2v) is 21.5. The van der Waals surface area contributed by atoms with Crippen molar-refractivity contribution in [3.05, 3.63) is 105 Å². The summed E-state index contributed by atoms with van der Waals surface area (Å²) in [5, 5.41) is 23.4. The maximum atomic E-state index is 12.7. The van der Waals surface area contributed by atoms with E-state index in [9.17, 15) is 19.8 Å². The van der Waals surface area contributed by atoms with Crippen molar-refractivity contribution < 1.29 is 53.0 Å². The predicted octanol–water partition coefficient (Wildman–Crippen LogP) is 4.30. The standard InChI is InChI=1S/C19H21NO3.C18H21NO4.C18H19NO4/c1-20-9-8-19-12-5-7-15(22-3)18(19)23-17-14(21-2)6-4-11(16(17)19)10-13(12)20;2*1-19-8-7-17-14-10-3-4-12(22-2)15(14)23-16(17)11(20)5-6-18(17,21)13(19)9-10/h4-7,13,18H,8-10H2,1-3H3;3-4,13,16,21H,5-9H2,1-2H3;3-6,13,16,21H,7-9H2,1-2H3/t13-,18+,19+;2*13-,16+,17+,18-/m111/s1. The van der Waals surface area contributed by atoms with Crippen LogP contribution >= 0.6 is 0 Å². The number of nitrogens with zero attached hydrogens (tertiary/aromatic N) is 3.